The number of ether oxygens (including phenoxy) is 1. The van der Waals surface area contributed by atoms with Crippen molar-refractivity contribution in [2.75, 3.05) is 39.9 Å². The highest BCUT2D eigenvalue weighted by atomic mass is 16.5. The lowest BCUT2D eigenvalue weighted by Crippen LogP contribution is -2.38. The first-order chi connectivity index (χ1) is 7.36. The average Bonchev–Trinajstić information content (AvgIpc) is 2.45. The quantitative estimate of drug-likeness (QED) is 0.678. The predicted molar refractivity (Wildman–Crippen MR) is 64.2 cm³/mol. The summed E-state index contributed by atoms with van der Waals surface area (Å²) in [4.78, 5) is 2.58. The van der Waals surface area contributed by atoms with Crippen LogP contribution in [0, 0.1) is 0 Å². The molecule has 1 heterocycles. The lowest BCUT2D eigenvalue weighted by atomic mass is 10.1. The van der Waals surface area contributed by atoms with Crippen molar-refractivity contribution >= 4 is 0 Å². The van der Waals surface area contributed by atoms with Crippen LogP contribution >= 0.6 is 0 Å². The maximum absolute atomic E-state index is 5.10. The molecule has 0 amide bonds. The second-order valence-corrected chi connectivity index (χ2v) is 4.44. The van der Waals surface area contributed by atoms with E-state index in [0.717, 1.165) is 13.0 Å². The molecule has 0 saturated carbocycles. The van der Waals surface area contributed by atoms with E-state index in [-0.39, 0.29) is 0 Å². The van der Waals surface area contributed by atoms with Gasteiger partial charge in [0, 0.05) is 32.8 Å². The Labute approximate surface area is 94.2 Å². The predicted octanol–water partition coefficient (Wildman–Crippen LogP) is 1.49. The number of nitrogens with one attached hydrogen (secondary N) is 1. The highest BCUT2D eigenvalue weighted by molar-refractivity contribution is 4.75. The third-order valence-electron chi connectivity index (χ3n) is 3.02. The summed E-state index contributed by atoms with van der Waals surface area (Å²) in [6.45, 7) is 8.00. The Morgan fingerprint density at radius 2 is 2.33 bits per heavy atom. The van der Waals surface area contributed by atoms with Gasteiger partial charge in [-0.05, 0) is 32.4 Å². The third kappa shape index (κ3) is 5.50. The molecule has 3 nitrogen and oxygen atoms in total. The summed E-state index contributed by atoms with van der Waals surface area (Å²) in [7, 11) is 1.78. The van der Waals surface area contributed by atoms with Gasteiger partial charge in [0.15, 0.2) is 0 Å². The molecule has 1 fully saturated rings. The van der Waals surface area contributed by atoms with Crippen molar-refractivity contribution in [3.05, 3.63) is 0 Å². The molecule has 0 radical (unpaired) electrons. The zero-order chi connectivity index (χ0) is 10.9. The van der Waals surface area contributed by atoms with Crippen LogP contribution in [0.1, 0.15) is 32.6 Å². The molecule has 90 valence electrons. The van der Waals surface area contributed by atoms with E-state index in [2.05, 4.69) is 17.1 Å². The molecule has 1 atom stereocenters. The Balaban J connectivity index is 2.22. The van der Waals surface area contributed by atoms with Gasteiger partial charge in [0.1, 0.15) is 0 Å². The van der Waals surface area contributed by atoms with Gasteiger partial charge in [0.2, 0.25) is 0 Å². The summed E-state index contributed by atoms with van der Waals surface area (Å²) < 4.78 is 5.10. The molecule has 15 heavy (non-hydrogen) atoms. The molecular weight excluding hydrogens is 188 g/mol. The first-order valence-corrected chi connectivity index (χ1v) is 6.31. The van der Waals surface area contributed by atoms with Crippen LogP contribution in [0.3, 0.4) is 0 Å². The molecule has 3 heteroatoms. The minimum absolute atomic E-state index is 0.708. The SMILES string of the molecule is CCCC1CN(CCCOC)CCCN1. The van der Waals surface area contributed by atoms with Gasteiger partial charge >= 0.3 is 0 Å². The lowest BCUT2D eigenvalue weighted by molar-refractivity contribution is 0.170. The molecule has 1 aliphatic heterocycles. The molecule has 1 N–H and O–H groups in total. The van der Waals surface area contributed by atoms with Crippen LogP contribution in [-0.4, -0.2) is 50.8 Å². The zero-order valence-electron chi connectivity index (χ0n) is 10.3. The number of hydrogen-bond donors (Lipinski definition) is 1. The van der Waals surface area contributed by atoms with Gasteiger partial charge in [0.05, 0.1) is 0 Å². The molecular formula is C12H26N2O. The smallest absolute Gasteiger partial charge is 0.0474 e. The Kier molecular flexibility index (Phi) is 6.98. The minimum atomic E-state index is 0.708. The van der Waals surface area contributed by atoms with Crippen molar-refractivity contribution in [3.8, 4) is 0 Å². The van der Waals surface area contributed by atoms with Crippen LogP contribution < -0.4 is 5.32 Å². The molecule has 0 aromatic heterocycles. The molecule has 0 aromatic rings. The van der Waals surface area contributed by atoms with E-state index in [0.29, 0.717) is 6.04 Å². The molecule has 0 spiro atoms. The van der Waals surface area contributed by atoms with Crippen molar-refractivity contribution in [1.82, 2.24) is 10.2 Å². The highest BCUT2D eigenvalue weighted by Crippen LogP contribution is 2.06. The topological polar surface area (TPSA) is 24.5 Å². The van der Waals surface area contributed by atoms with Gasteiger partial charge in [-0.1, -0.05) is 13.3 Å². The first kappa shape index (κ1) is 12.9. The Bertz CT molecular complexity index is 153. The van der Waals surface area contributed by atoms with Crippen molar-refractivity contribution in [1.29, 1.82) is 0 Å². The second-order valence-electron chi connectivity index (χ2n) is 4.44. The van der Waals surface area contributed by atoms with Gasteiger partial charge < -0.3 is 15.0 Å². The summed E-state index contributed by atoms with van der Waals surface area (Å²) in [5.41, 5.74) is 0. The van der Waals surface area contributed by atoms with Gasteiger partial charge in [-0.25, -0.2) is 0 Å². The van der Waals surface area contributed by atoms with Crippen molar-refractivity contribution in [2.45, 2.75) is 38.6 Å². The lowest BCUT2D eigenvalue weighted by Gasteiger charge is -2.23. The molecule has 1 saturated heterocycles. The van der Waals surface area contributed by atoms with Crippen molar-refractivity contribution in [3.63, 3.8) is 0 Å². The number of rotatable bonds is 6. The molecule has 0 aromatic carbocycles. The maximum Gasteiger partial charge on any atom is 0.0474 e. The monoisotopic (exact) mass is 214 g/mol. The fourth-order valence-electron chi connectivity index (χ4n) is 2.25. The second kappa shape index (κ2) is 8.08. The van der Waals surface area contributed by atoms with E-state index in [9.17, 15) is 0 Å². The van der Waals surface area contributed by atoms with E-state index in [1.54, 1.807) is 7.11 Å². The van der Waals surface area contributed by atoms with E-state index in [1.807, 2.05) is 0 Å². The summed E-state index contributed by atoms with van der Waals surface area (Å²) in [5, 5.41) is 3.63. The summed E-state index contributed by atoms with van der Waals surface area (Å²) in [6.07, 6.45) is 5.03. The fraction of sp³-hybridized carbons (Fsp3) is 1.00. The summed E-state index contributed by atoms with van der Waals surface area (Å²) >= 11 is 0. The average molecular weight is 214 g/mol. The van der Waals surface area contributed by atoms with E-state index in [1.165, 1.54) is 45.4 Å². The fourth-order valence-corrected chi connectivity index (χ4v) is 2.25. The summed E-state index contributed by atoms with van der Waals surface area (Å²) in [6, 6.07) is 0.708. The largest absolute Gasteiger partial charge is 0.385 e. The number of methoxy groups -OCH3 is 1. The number of hydrogen-bond acceptors (Lipinski definition) is 3. The van der Waals surface area contributed by atoms with Crippen LogP contribution in [0.2, 0.25) is 0 Å². The van der Waals surface area contributed by atoms with Gasteiger partial charge in [-0.3, -0.25) is 0 Å². The maximum atomic E-state index is 5.10. The zero-order valence-corrected chi connectivity index (χ0v) is 10.3. The van der Waals surface area contributed by atoms with Gasteiger partial charge in [-0.15, -0.1) is 0 Å². The Hall–Kier alpha value is -0.120. The number of nitrogens with zero attached hydrogens (tertiary/aromatic N) is 1. The van der Waals surface area contributed by atoms with Crippen molar-refractivity contribution in [2.24, 2.45) is 0 Å². The van der Waals surface area contributed by atoms with Crippen LogP contribution in [0.15, 0.2) is 0 Å². The van der Waals surface area contributed by atoms with E-state index in [4.69, 9.17) is 4.74 Å². The molecule has 0 bridgehead atoms. The first-order valence-electron chi connectivity index (χ1n) is 6.31. The molecule has 1 rings (SSSR count). The van der Waals surface area contributed by atoms with Gasteiger partial charge in [0.25, 0.3) is 0 Å². The minimum Gasteiger partial charge on any atom is -0.385 e. The van der Waals surface area contributed by atoms with Crippen LogP contribution in [0.25, 0.3) is 0 Å². The van der Waals surface area contributed by atoms with Crippen LogP contribution in [0.4, 0.5) is 0 Å². The molecule has 0 aliphatic carbocycles. The highest BCUT2D eigenvalue weighted by Gasteiger charge is 2.15. The Morgan fingerprint density at radius 1 is 1.47 bits per heavy atom. The van der Waals surface area contributed by atoms with Crippen LogP contribution in [-0.2, 0) is 4.74 Å². The molecule has 1 aliphatic rings. The van der Waals surface area contributed by atoms with Gasteiger partial charge in [-0.2, -0.15) is 0 Å². The van der Waals surface area contributed by atoms with E-state index < -0.39 is 0 Å². The van der Waals surface area contributed by atoms with Crippen LogP contribution in [0.5, 0.6) is 0 Å². The van der Waals surface area contributed by atoms with E-state index >= 15 is 0 Å². The summed E-state index contributed by atoms with van der Waals surface area (Å²) in [5.74, 6) is 0. The third-order valence-corrected chi connectivity index (χ3v) is 3.02. The standard InChI is InChI=1S/C12H26N2O/c1-3-6-12-11-14(8-4-7-13-12)9-5-10-15-2/h12-13H,3-11H2,1-2H3. The Morgan fingerprint density at radius 3 is 3.07 bits per heavy atom. The molecule has 1 unspecified atom stereocenters. The normalized spacial score (nSPS) is 24.0. The van der Waals surface area contributed by atoms with Crippen molar-refractivity contribution < 1.29 is 4.74 Å².